The van der Waals surface area contributed by atoms with E-state index in [0.29, 0.717) is 6.04 Å². The molecule has 1 unspecified atom stereocenters. The first-order chi connectivity index (χ1) is 8.63. The Kier molecular flexibility index (Phi) is 6.36. The van der Waals surface area contributed by atoms with Crippen LogP contribution in [-0.2, 0) is 13.0 Å². The van der Waals surface area contributed by atoms with Crippen LogP contribution in [0.2, 0.25) is 0 Å². The lowest BCUT2D eigenvalue weighted by molar-refractivity contribution is 0.253. The third kappa shape index (κ3) is 3.82. The van der Waals surface area contributed by atoms with E-state index in [-0.39, 0.29) is 6.61 Å². The van der Waals surface area contributed by atoms with Crippen LogP contribution in [0.15, 0.2) is 0 Å². The van der Waals surface area contributed by atoms with Crippen LogP contribution in [0.25, 0.3) is 0 Å². The van der Waals surface area contributed by atoms with Gasteiger partial charge < -0.3 is 10.4 Å². The molecule has 1 aromatic heterocycles. The van der Waals surface area contributed by atoms with Gasteiger partial charge in [-0.1, -0.05) is 13.8 Å². The molecule has 0 bridgehead atoms. The van der Waals surface area contributed by atoms with Gasteiger partial charge >= 0.3 is 0 Å². The maximum Gasteiger partial charge on any atom is 0.0628 e. The van der Waals surface area contributed by atoms with E-state index >= 15 is 0 Å². The Hall–Kier alpha value is -0.870. The fourth-order valence-corrected chi connectivity index (χ4v) is 2.39. The van der Waals surface area contributed by atoms with Gasteiger partial charge in [0.2, 0.25) is 0 Å². The van der Waals surface area contributed by atoms with Crippen molar-refractivity contribution in [2.45, 2.75) is 59.5 Å². The van der Waals surface area contributed by atoms with Crippen LogP contribution in [0.5, 0.6) is 0 Å². The Morgan fingerprint density at radius 2 is 2.06 bits per heavy atom. The molecule has 0 aliphatic heterocycles. The van der Waals surface area contributed by atoms with Crippen LogP contribution < -0.4 is 5.32 Å². The Morgan fingerprint density at radius 1 is 1.33 bits per heavy atom. The molecule has 0 radical (unpaired) electrons. The van der Waals surface area contributed by atoms with Gasteiger partial charge in [-0.05, 0) is 45.2 Å². The Morgan fingerprint density at radius 3 is 2.56 bits per heavy atom. The minimum atomic E-state index is 0.224. The normalized spacial score (nSPS) is 12.9. The zero-order valence-electron chi connectivity index (χ0n) is 12.2. The predicted octanol–water partition coefficient (Wildman–Crippen LogP) is 1.81. The number of hydrogen-bond acceptors (Lipinski definition) is 3. The summed E-state index contributed by atoms with van der Waals surface area (Å²) in [5.74, 6) is 0. The molecule has 0 saturated heterocycles. The zero-order valence-corrected chi connectivity index (χ0v) is 12.2. The summed E-state index contributed by atoms with van der Waals surface area (Å²) < 4.78 is 2.08. The molecule has 0 aliphatic carbocycles. The van der Waals surface area contributed by atoms with Gasteiger partial charge in [0.05, 0.1) is 12.2 Å². The van der Waals surface area contributed by atoms with Gasteiger partial charge in [0.25, 0.3) is 0 Å². The first-order valence-electron chi connectivity index (χ1n) is 7.01. The first-order valence-corrected chi connectivity index (χ1v) is 7.01. The van der Waals surface area contributed by atoms with E-state index in [1.54, 1.807) is 0 Å². The predicted molar refractivity (Wildman–Crippen MR) is 74.9 cm³/mol. The van der Waals surface area contributed by atoms with Crippen molar-refractivity contribution in [1.29, 1.82) is 0 Å². The topological polar surface area (TPSA) is 50.1 Å². The largest absolute Gasteiger partial charge is 0.396 e. The summed E-state index contributed by atoms with van der Waals surface area (Å²) in [4.78, 5) is 0. The molecule has 0 saturated carbocycles. The maximum absolute atomic E-state index is 9.12. The number of aliphatic hydroxyl groups excluding tert-OH is 1. The highest BCUT2D eigenvalue weighted by Gasteiger charge is 2.14. The summed E-state index contributed by atoms with van der Waals surface area (Å²) >= 11 is 0. The number of nitrogens with one attached hydrogen (secondary N) is 1. The van der Waals surface area contributed by atoms with E-state index in [4.69, 9.17) is 5.11 Å². The van der Waals surface area contributed by atoms with Gasteiger partial charge in [-0.2, -0.15) is 5.10 Å². The van der Waals surface area contributed by atoms with E-state index < -0.39 is 0 Å². The van der Waals surface area contributed by atoms with E-state index in [0.717, 1.165) is 38.0 Å². The number of hydrogen-bond donors (Lipinski definition) is 2. The second-order valence-corrected chi connectivity index (χ2v) is 4.85. The lowest BCUT2D eigenvalue weighted by Crippen LogP contribution is -2.35. The van der Waals surface area contributed by atoms with Crippen LogP contribution in [0.4, 0.5) is 0 Å². The van der Waals surface area contributed by atoms with Crippen molar-refractivity contribution in [3.05, 3.63) is 17.0 Å². The summed E-state index contributed by atoms with van der Waals surface area (Å²) in [5, 5.41) is 17.2. The van der Waals surface area contributed by atoms with Crippen molar-refractivity contribution in [1.82, 2.24) is 15.1 Å². The summed E-state index contributed by atoms with van der Waals surface area (Å²) in [7, 11) is 0. The molecule has 0 aliphatic rings. The molecule has 18 heavy (non-hydrogen) atoms. The number of aliphatic hydroxyl groups is 1. The average Bonchev–Trinajstić information content (AvgIpc) is 2.61. The Bertz CT molecular complexity index is 360. The van der Waals surface area contributed by atoms with Crippen LogP contribution in [-0.4, -0.2) is 34.1 Å². The highest BCUT2D eigenvalue weighted by molar-refractivity contribution is 5.24. The van der Waals surface area contributed by atoms with Crippen LogP contribution in [0.3, 0.4) is 0 Å². The molecule has 0 fully saturated rings. The number of aromatic nitrogens is 2. The summed E-state index contributed by atoms with van der Waals surface area (Å²) in [6, 6.07) is 0.303. The second-order valence-electron chi connectivity index (χ2n) is 4.85. The fourth-order valence-electron chi connectivity index (χ4n) is 2.39. The smallest absolute Gasteiger partial charge is 0.0628 e. The quantitative estimate of drug-likeness (QED) is 0.743. The molecule has 4 heteroatoms. The maximum atomic E-state index is 9.12. The van der Waals surface area contributed by atoms with Crippen molar-refractivity contribution in [2.75, 3.05) is 13.2 Å². The molecule has 1 heterocycles. The van der Waals surface area contributed by atoms with Gasteiger partial charge in [0, 0.05) is 18.3 Å². The number of rotatable bonds is 8. The molecule has 1 aromatic rings. The van der Waals surface area contributed by atoms with Gasteiger partial charge in [-0.3, -0.25) is 4.68 Å². The summed E-state index contributed by atoms with van der Waals surface area (Å²) in [6.45, 7) is 10.6. The van der Waals surface area contributed by atoms with Crippen molar-refractivity contribution in [2.24, 2.45) is 0 Å². The third-order valence-electron chi connectivity index (χ3n) is 3.44. The molecular formula is C14H27N3O. The first kappa shape index (κ1) is 15.2. The molecule has 104 valence electrons. The summed E-state index contributed by atoms with van der Waals surface area (Å²) in [5.41, 5.74) is 3.75. The van der Waals surface area contributed by atoms with E-state index in [9.17, 15) is 0 Å². The average molecular weight is 253 g/mol. The zero-order chi connectivity index (χ0) is 13.5. The van der Waals surface area contributed by atoms with Gasteiger partial charge in [-0.15, -0.1) is 0 Å². The van der Waals surface area contributed by atoms with Gasteiger partial charge in [-0.25, -0.2) is 0 Å². The minimum absolute atomic E-state index is 0.224. The monoisotopic (exact) mass is 253 g/mol. The van der Waals surface area contributed by atoms with Crippen molar-refractivity contribution in [3.8, 4) is 0 Å². The lowest BCUT2D eigenvalue weighted by atomic mass is 10.1. The second kappa shape index (κ2) is 7.54. The summed E-state index contributed by atoms with van der Waals surface area (Å²) in [6.07, 6.45) is 2.92. The van der Waals surface area contributed by atoms with E-state index in [1.165, 1.54) is 11.3 Å². The van der Waals surface area contributed by atoms with Gasteiger partial charge in [0.1, 0.15) is 0 Å². The van der Waals surface area contributed by atoms with Crippen LogP contribution in [0, 0.1) is 13.8 Å². The molecule has 2 N–H and O–H groups in total. The van der Waals surface area contributed by atoms with E-state index in [1.807, 2.05) is 0 Å². The Balaban J connectivity index is 2.73. The van der Waals surface area contributed by atoms with Crippen molar-refractivity contribution in [3.63, 3.8) is 0 Å². The van der Waals surface area contributed by atoms with Crippen LogP contribution in [0.1, 0.15) is 43.6 Å². The molecule has 4 nitrogen and oxygen atoms in total. The highest BCUT2D eigenvalue weighted by Crippen LogP contribution is 2.14. The molecule has 0 amide bonds. The lowest BCUT2D eigenvalue weighted by Gasteiger charge is -2.18. The molecule has 1 rings (SSSR count). The highest BCUT2D eigenvalue weighted by atomic mass is 16.3. The van der Waals surface area contributed by atoms with Crippen LogP contribution >= 0.6 is 0 Å². The van der Waals surface area contributed by atoms with Crippen molar-refractivity contribution < 1.29 is 5.11 Å². The number of nitrogens with zero attached hydrogens (tertiary/aromatic N) is 2. The fraction of sp³-hybridized carbons (Fsp3) is 0.786. The SMILES string of the molecule is CCCNC(CCO)Cn1nc(C)c(CC)c1C. The van der Waals surface area contributed by atoms with Crippen molar-refractivity contribution >= 4 is 0 Å². The third-order valence-corrected chi connectivity index (χ3v) is 3.44. The standard InChI is InChI=1S/C14H27N3O/c1-5-8-15-13(7-9-18)10-17-12(4)14(6-2)11(3)16-17/h13,15,18H,5-10H2,1-4H3. The molecule has 0 spiro atoms. The molecule has 1 atom stereocenters. The van der Waals surface area contributed by atoms with Gasteiger partial charge in [0.15, 0.2) is 0 Å². The molecular weight excluding hydrogens is 226 g/mol. The Labute approximate surface area is 110 Å². The minimum Gasteiger partial charge on any atom is -0.396 e. The molecule has 0 aromatic carbocycles. The van der Waals surface area contributed by atoms with E-state index in [2.05, 4.69) is 42.8 Å². The number of aryl methyl sites for hydroxylation is 1.